The molecule has 0 saturated heterocycles. The monoisotopic (exact) mass is 511 g/mol. The third-order valence-corrected chi connectivity index (χ3v) is 6.08. The molecule has 5 aromatic rings. The molecule has 0 aliphatic rings. The fourth-order valence-corrected chi connectivity index (χ4v) is 4.28. The molecule has 1 N–H and O–H groups in total. The second kappa shape index (κ2) is 11.0. The number of benzene rings is 4. The number of fused-ring (bicyclic) bond motifs is 1. The Kier molecular flexibility index (Phi) is 7.17. The van der Waals surface area contributed by atoms with Gasteiger partial charge in [0, 0.05) is 17.8 Å². The summed E-state index contributed by atoms with van der Waals surface area (Å²) >= 11 is 0. The van der Waals surface area contributed by atoms with Crippen LogP contribution in [0.15, 0.2) is 103 Å². The van der Waals surface area contributed by atoms with E-state index in [9.17, 15) is 14.0 Å². The molecule has 0 saturated carbocycles. The third-order valence-electron chi connectivity index (χ3n) is 6.08. The van der Waals surface area contributed by atoms with Crippen molar-refractivity contribution < 1.29 is 18.4 Å². The molecule has 0 unspecified atom stereocenters. The van der Waals surface area contributed by atoms with E-state index in [2.05, 4.69) is 15.6 Å². The largest absolute Gasteiger partial charge is 0.350 e. The van der Waals surface area contributed by atoms with Gasteiger partial charge in [-0.3, -0.25) is 14.5 Å². The van der Waals surface area contributed by atoms with Crippen molar-refractivity contribution in [3.05, 3.63) is 126 Å². The lowest BCUT2D eigenvalue weighted by Crippen LogP contribution is -2.45. The highest BCUT2D eigenvalue weighted by Gasteiger charge is 2.35. The van der Waals surface area contributed by atoms with E-state index in [4.69, 9.17) is 0 Å². The molecule has 7 nitrogen and oxygen atoms in total. The number of rotatable bonds is 8. The number of carbonyl (C=O) groups excluding carboxylic acids is 2. The number of hydrogen-bond donors (Lipinski definition) is 1. The molecule has 0 aliphatic heterocycles. The summed E-state index contributed by atoms with van der Waals surface area (Å²) in [5.41, 5.74) is 2.09. The SMILES string of the molecule is O=C(NCc1ccccc1)[C@@H](c1ccccc1F)N(C(=O)Cn1nnc2ccccc21)c1cccc(F)c1. The summed E-state index contributed by atoms with van der Waals surface area (Å²) in [4.78, 5) is 28.7. The van der Waals surface area contributed by atoms with E-state index in [0.29, 0.717) is 11.0 Å². The van der Waals surface area contributed by atoms with Crippen LogP contribution in [-0.4, -0.2) is 26.8 Å². The van der Waals surface area contributed by atoms with Gasteiger partial charge >= 0.3 is 0 Å². The van der Waals surface area contributed by atoms with E-state index in [-0.39, 0.29) is 24.3 Å². The Morgan fingerprint density at radius 3 is 2.39 bits per heavy atom. The van der Waals surface area contributed by atoms with E-state index in [1.165, 1.54) is 41.1 Å². The number of nitrogens with zero attached hydrogens (tertiary/aromatic N) is 4. The van der Waals surface area contributed by atoms with Crippen LogP contribution >= 0.6 is 0 Å². The molecule has 0 spiro atoms. The number of amides is 2. The lowest BCUT2D eigenvalue weighted by molar-refractivity contribution is -0.127. The topological polar surface area (TPSA) is 80.1 Å². The van der Waals surface area contributed by atoms with Crippen molar-refractivity contribution in [2.45, 2.75) is 19.1 Å². The number of para-hydroxylation sites is 1. The van der Waals surface area contributed by atoms with Crippen molar-refractivity contribution in [1.29, 1.82) is 0 Å². The van der Waals surface area contributed by atoms with E-state index in [1.54, 1.807) is 30.3 Å². The molecule has 9 heteroatoms. The van der Waals surface area contributed by atoms with Crippen molar-refractivity contribution >= 4 is 28.5 Å². The number of nitrogens with one attached hydrogen (secondary N) is 1. The van der Waals surface area contributed by atoms with E-state index in [0.717, 1.165) is 16.5 Å². The summed E-state index contributed by atoms with van der Waals surface area (Å²) < 4.78 is 30.9. The van der Waals surface area contributed by atoms with Crippen molar-refractivity contribution in [3.63, 3.8) is 0 Å². The van der Waals surface area contributed by atoms with Crippen molar-refractivity contribution in [2.75, 3.05) is 4.90 Å². The Morgan fingerprint density at radius 1 is 0.868 bits per heavy atom. The van der Waals surface area contributed by atoms with Gasteiger partial charge in [-0.25, -0.2) is 13.5 Å². The van der Waals surface area contributed by atoms with Crippen LogP contribution in [0.3, 0.4) is 0 Å². The van der Waals surface area contributed by atoms with Crippen LogP contribution in [0.4, 0.5) is 14.5 Å². The Morgan fingerprint density at radius 2 is 1.61 bits per heavy atom. The fourth-order valence-electron chi connectivity index (χ4n) is 4.28. The first-order chi connectivity index (χ1) is 18.5. The quantitative estimate of drug-likeness (QED) is 0.325. The molecule has 5 rings (SSSR count). The van der Waals surface area contributed by atoms with E-state index >= 15 is 4.39 Å². The van der Waals surface area contributed by atoms with Gasteiger partial charge in [-0.15, -0.1) is 5.10 Å². The maximum absolute atomic E-state index is 15.1. The van der Waals surface area contributed by atoms with Gasteiger partial charge in [-0.1, -0.05) is 71.9 Å². The van der Waals surface area contributed by atoms with Gasteiger partial charge in [0.05, 0.1) is 5.52 Å². The average Bonchev–Trinajstić information content (AvgIpc) is 3.34. The van der Waals surface area contributed by atoms with Gasteiger partial charge < -0.3 is 5.32 Å². The van der Waals surface area contributed by atoms with Gasteiger partial charge in [0.25, 0.3) is 0 Å². The standard InChI is InChI=1S/C29H23F2N5O2/c30-21-11-8-12-22(17-21)36(27(37)19-35-26-16-7-6-15-25(26)33-34-35)28(23-13-4-5-14-24(23)31)29(38)32-18-20-9-2-1-3-10-20/h1-17,28H,18-19H2,(H,32,38)/t28-/m1/s1. The highest BCUT2D eigenvalue weighted by Crippen LogP contribution is 2.31. The summed E-state index contributed by atoms with van der Waals surface area (Å²) in [6.07, 6.45) is 0. The smallest absolute Gasteiger partial charge is 0.249 e. The summed E-state index contributed by atoms with van der Waals surface area (Å²) in [5.74, 6) is -2.51. The molecule has 2 amide bonds. The predicted octanol–water partition coefficient (Wildman–Crippen LogP) is 4.80. The van der Waals surface area contributed by atoms with Crippen LogP contribution < -0.4 is 10.2 Å². The number of anilines is 1. The first kappa shape index (κ1) is 24.8. The van der Waals surface area contributed by atoms with Crippen molar-refractivity contribution in [2.24, 2.45) is 0 Å². The zero-order valence-corrected chi connectivity index (χ0v) is 20.2. The zero-order chi connectivity index (χ0) is 26.5. The number of carbonyl (C=O) groups is 2. The molecule has 1 heterocycles. The molecule has 1 atom stereocenters. The predicted molar refractivity (Wildman–Crippen MR) is 139 cm³/mol. The minimum atomic E-state index is -1.43. The van der Waals surface area contributed by atoms with E-state index in [1.807, 2.05) is 30.3 Å². The number of hydrogen-bond acceptors (Lipinski definition) is 4. The van der Waals surface area contributed by atoms with Crippen LogP contribution in [0.2, 0.25) is 0 Å². The molecule has 0 radical (unpaired) electrons. The molecule has 190 valence electrons. The van der Waals surface area contributed by atoms with Crippen LogP contribution in [0.5, 0.6) is 0 Å². The number of aromatic nitrogens is 3. The molecule has 0 aliphatic carbocycles. The summed E-state index contributed by atoms with van der Waals surface area (Å²) in [5, 5.41) is 11.0. The maximum atomic E-state index is 15.1. The van der Waals surface area contributed by atoms with Gasteiger partial charge in [0.15, 0.2) is 0 Å². The van der Waals surface area contributed by atoms with Crippen LogP contribution in [0, 0.1) is 11.6 Å². The second-order valence-electron chi connectivity index (χ2n) is 8.61. The zero-order valence-electron chi connectivity index (χ0n) is 20.2. The van der Waals surface area contributed by atoms with Crippen molar-refractivity contribution in [3.8, 4) is 0 Å². The lowest BCUT2D eigenvalue weighted by atomic mass is 10.0. The molecule has 0 bridgehead atoms. The minimum Gasteiger partial charge on any atom is -0.350 e. The lowest BCUT2D eigenvalue weighted by Gasteiger charge is -2.31. The summed E-state index contributed by atoms with van der Waals surface area (Å²) in [6, 6.07) is 25.9. The minimum absolute atomic E-state index is 0.0286. The first-order valence-electron chi connectivity index (χ1n) is 11.9. The first-order valence-corrected chi connectivity index (χ1v) is 11.9. The third kappa shape index (κ3) is 5.27. The summed E-state index contributed by atoms with van der Waals surface area (Å²) in [6.45, 7) is -0.155. The van der Waals surface area contributed by atoms with Gasteiger partial charge in [0.2, 0.25) is 11.8 Å². The Balaban J connectivity index is 1.57. The normalized spacial score (nSPS) is 11.7. The Labute approximate surface area is 217 Å². The maximum Gasteiger partial charge on any atom is 0.249 e. The van der Waals surface area contributed by atoms with Crippen molar-refractivity contribution in [1.82, 2.24) is 20.3 Å². The van der Waals surface area contributed by atoms with Gasteiger partial charge in [-0.05, 0) is 42.0 Å². The molecular weight excluding hydrogens is 488 g/mol. The molecule has 1 aromatic heterocycles. The van der Waals surface area contributed by atoms with Crippen LogP contribution in [0.1, 0.15) is 17.2 Å². The van der Waals surface area contributed by atoms with E-state index < -0.39 is 29.5 Å². The van der Waals surface area contributed by atoms with Crippen LogP contribution in [-0.2, 0) is 22.7 Å². The molecule has 38 heavy (non-hydrogen) atoms. The Hall–Kier alpha value is -4.92. The fraction of sp³-hybridized carbons (Fsp3) is 0.103. The highest BCUT2D eigenvalue weighted by molar-refractivity contribution is 6.01. The average molecular weight is 512 g/mol. The van der Waals surface area contributed by atoms with Gasteiger partial charge in [0.1, 0.15) is 29.7 Å². The molecule has 0 fully saturated rings. The number of halogens is 2. The summed E-state index contributed by atoms with van der Waals surface area (Å²) in [7, 11) is 0. The highest BCUT2D eigenvalue weighted by atomic mass is 19.1. The molecular formula is C29H23F2N5O2. The van der Waals surface area contributed by atoms with Gasteiger partial charge in [-0.2, -0.15) is 0 Å². The van der Waals surface area contributed by atoms with Crippen LogP contribution in [0.25, 0.3) is 11.0 Å². The molecule has 4 aromatic carbocycles. The Bertz CT molecular complexity index is 1590. The second-order valence-corrected chi connectivity index (χ2v) is 8.61.